The largest absolute Gasteiger partial charge is 0.453 e. The Bertz CT molecular complexity index is 4640. The van der Waals surface area contributed by atoms with E-state index in [4.69, 9.17) is 11.3 Å². The summed E-state index contributed by atoms with van der Waals surface area (Å²) in [6.07, 6.45) is 14.2. The molecule has 8 aromatic carbocycles. The predicted molar refractivity (Wildman–Crippen MR) is 319 cm³/mol. The Balaban J connectivity index is 0.925. The summed E-state index contributed by atoms with van der Waals surface area (Å²) in [5, 5.41) is 10.3. The quantitative estimate of drug-likeness (QED) is 0.149. The topological polar surface area (TPSA) is 22.3 Å². The fourth-order valence-electron chi connectivity index (χ4n) is 12.2. The van der Waals surface area contributed by atoms with Gasteiger partial charge in [0.15, 0.2) is 11.5 Å². The Kier molecular flexibility index (Phi) is 10.4. The molecular formula is C68H51N3OS2. The summed E-state index contributed by atoms with van der Waals surface area (Å²) in [4.78, 5) is 2.34. The van der Waals surface area contributed by atoms with Crippen LogP contribution in [0.5, 0.6) is 5.75 Å². The first-order valence-electron chi connectivity index (χ1n) is 25.6. The zero-order chi connectivity index (χ0) is 49.8. The number of hydrogen-bond acceptors (Lipinski definition) is 4. The number of benzene rings is 8. The van der Waals surface area contributed by atoms with Crippen LogP contribution in [0.15, 0.2) is 224 Å². The molecule has 1 unspecified atom stereocenters. The van der Waals surface area contributed by atoms with Gasteiger partial charge in [-0.05, 0) is 122 Å². The number of aromatic nitrogens is 2. The van der Waals surface area contributed by atoms with Crippen molar-refractivity contribution in [3.8, 4) is 22.6 Å². The Labute approximate surface area is 437 Å². The number of nitrogens with zero attached hydrogens (tertiary/aromatic N) is 3. The summed E-state index contributed by atoms with van der Waals surface area (Å²) in [5.74, 6) is 1.92. The number of allylic oxidation sites excluding steroid dienone is 6. The first kappa shape index (κ1) is 44.3. The number of fused-ring (bicyclic) bond motifs is 13. The molecule has 1 atom stereocenters. The summed E-state index contributed by atoms with van der Waals surface area (Å²) >= 11 is 3.77. The second-order valence-corrected chi connectivity index (χ2v) is 21.7. The van der Waals surface area contributed by atoms with Gasteiger partial charge in [0.2, 0.25) is 0 Å². The van der Waals surface area contributed by atoms with E-state index in [-0.39, 0.29) is 0 Å². The van der Waals surface area contributed by atoms with E-state index in [9.17, 15) is 0 Å². The normalized spacial score (nSPS) is 16.2. The van der Waals surface area contributed by atoms with Crippen LogP contribution >= 0.6 is 22.7 Å². The molecule has 0 radical (unpaired) electrons. The highest BCUT2D eigenvalue weighted by atomic mass is 32.1. The number of rotatable bonds is 7. The van der Waals surface area contributed by atoms with E-state index in [1.807, 2.05) is 22.7 Å². The lowest BCUT2D eigenvalue weighted by molar-refractivity contribution is 0.422. The maximum Gasteiger partial charge on any atom is 0.153 e. The molecule has 1 aliphatic heterocycles. The predicted octanol–water partition coefficient (Wildman–Crippen LogP) is 17.8. The molecule has 14 rings (SSSR count). The smallest absolute Gasteiger partial charge is 0.153 e. The van der Waals surface area contributed by atoms with Gasteiger partial charge < -0.3 is 18.8 Å². The summed E-state index contributed by atoms with van der Waals surface area (Å²) in [6, 6.07) is 62.3. The van der Waals surface area contributed by atoms with Crippen LogP contribution in [0.4, 0.5) is 5.69 Å². The minimum absolute atomic E-state index is 0.435. The lowest BCUT2D eigenvalue weighted by Gasteiger charge is -2.36. The van der Waals surface area contributed by atoms with Crippen LogP contribution in [0.25, 0.3) is 108 Å². The minimum Gasteiger partial charge on any atom is -0.453 e. The number of para-hydroxylation sites is 2. The number of thiophene rings is 2. The van der Waals surface area contributed by atoms with E-state index in [1.54, 1.807) is 0 Å². The summed E-state index contributed by atoms with van der Waals surface area (Å²) in [5.41, 5.74) is 14.5. The molecule has 5 heterocycles. The Morgan fingerprint density at radius 3 is 2.00 bits per heavy atom. The second-order valence-electron chi connectivity index (χ2n) is 19.5. The highest BCUT2D eigenvalue weighted by Crippen LogP contribution is 2.48. The van der Waals surface area contributed by atoms with Crippen molar-refractivity contribution >= 4 is 120 Å². The van der Waals surface area contributed by atoms with Crippen LogP contribution in [-0.2, 0) is 0 Å². The Hall–Kier alpha value is -8.42. The standard InChI is InChI=1S/C68H51N3OS2/c1-6-20-43(7-2)70-53(8-3)60(39-42(5)69-54-28-13-9-21-48(54)65-45(25-17-30-56(65)69)46-27-19-34-63-67(46)50-23-11-15-32-61(50)73-63)72-59-36-35-44(40-58(59)70)71-55-29-14-10-22-49(55)66-47(26-18-31-57(66)71)52-37-41(4)38-64-68(52)51-24-12-16-33-62(51)74-64/h6-36,38-41H,5,37H2,1-4H3/b20-6-,43-7+,53-8+,60-39+. The van der Waals surface area contributed by atoms with Crippen molar-refractivity contribution in [2.45, 2.75) is 34.1 Å². The average molecular weight is 990 g/mol. The van der Waals surface area contributed by atoms with Crippen molar-refractivity contribution < 1.29 is 4.74 Å². The van der Waals surface area contributed by atoms with E-state index < -0.39 is 0 Å². The van der Waals surface area contributed by atoms with E-state index in [1.165, 1.54) is 94.9 Å². The van der Waals surface area contributed by atoms with Gasteiger partial charge in [0.1, 0.15) is 0 Å². The maximum absolute atomic E-state index is 7.13. The Morgan fingerprint density at radius 2 is 1.23 bits per heavy atom. The van der Waals surface area contributed by atoms with E-state index >= 15 is 0 Å². The van der Waals surface area contributed by atoms with Crippen molar-refractivity contribution in [1.82, 2.24) is 9.13 Å². The van der Waals surface area contributed by atoms with E-state index in [2.05, 4.69) is 248 Å². The van der Waals surface area contributed by atoms with Crippen LogP contribution < -0.4 is 19.4 Å². The van der Waals surface area contributed by atoms with E-state index in [0.717, 1.165) is 57.4 Å². The fourth-order valence-corrected chi connectivity index (χ4v) is 14.7. The lowest BCUT2D eigenvalue weighted by Crippen LogP contribution is -2.28. The molecule has 12 aromatic rings. The van der Waals surface area contributed by atoms with Crippen LogP contribution in [0.1, 0.15) is 39.7 Å². The molecule has 4 aromatic heterocycles. The van der Waals surface area contributed by atoms with Gasteiger partial charge in [0.05, 0.1) is 33.5 Å². The van der Waals surface area contributed by atoms with Gasteiger partial charge in [-0.25, -0.2) is 0 Å². The third kappa shape index (κ3) is 6.64. The van der Waals surface area contributed by atoms with Gasteiger partial charge in [-0.15, -0.1) is 22.7 Å². The van der Waals surface area contributed by atoms with Crippen molar-refractivity contribution in [2.24, 2.45) is 5.92 Å². The van der Waals surface area contributed by atoms with Gasteiger partial charge in [-0.2, -0.15) is 0 Å². The highest BCUT2D eigenvalue weighted by molar-refractivity contribution is 7.26. The zero-order valence-electron chi connectivity index (χ0n) is 41.7. The molecule has 74 heavy (non-hydrogen) atoms. The zero-order valence-corrected chi connectivity index (χ0v) is 43.3. The highest BCUT2D eigenvalue weighted by Gasteiger charge is 2.31. The molecule has 0 fully saturated rings. The van der Waals surface area contributed by atoms with Gasteiger partial charge in [-0.1, -0.05) is 147 Å². The summed E-state index contributed by atoms with van der Waals surface area (Å²) in [6.45, 7) is 13.5. The Morgan fingerprint density at radius 1 is 0.608 bits per heavy atom. The molecule has 0 amide bonds. The number of anilines is 1. The van der Waals surface area contributed by atoms with Gasteiger partial charge in [0.25, 0.3) is 0 Å². The first-order chi connectivity index (χ1) is 36.4. The van der Waals surface area contributed by atoms with Crippen LogP contribution in [0.2, 0.25) is 0 Å². The molecule has 0 saturated carbocycles. The van der Waals surface area contributed by atoms with Crippen molar-refractivity contribution in [3.05, 3.63) is 239 Å². The molecular weight excluding hydrogens is 939 g/mol. The number of hydrogen-bond donors (Lipinski definition) is 0. The molecule has 1 aliphatic carbocycles. The minimum atomic E-state index is 0.435. The molecule has 356 valence electrons. The third-order valence-corrected chi connectivity index (χ3v) is 17.5. The molecule has 0 bridgehead atoms. The molecule has 6 heteroatoms. The molecule has 0 spiro atoms. The SMILES string of the molecule is C=C(/C=C1/Oc2ccc(-n3c4ccccc4c4c(C5=c6c(sc7ccccc67)=CC(C)C5)cccc43)cc2N(C(/C=C\C)=C/C)/C1=C/C)n1c2ccccc2c2c(-c3cccc4sc5ccccc5c34)cccc21. The van der Waals surface area contributed by atoms with E-state index in [0.29, 0.717) is 5.92 Å². The van der Waals surface area contributed by atoms with Crippen molar-refractivity contribution in [3.63, 3.8) is 0 Å². The van der Waals surface area contributed by atoms with Crippen LogP contribution in [-0.4, -0.2) is 9.13 Å². The van der Waals surface area contributed by atoms with Gasteiger partial charge in [0, 0.05) is 84.7 Å². The number of ether oxygens (including phenoxy) is 1. The molecule has 0 N–H and O–H groups in total. The monoisotopic (exact) mass is 989 g/mol. The van der Waals surface area contributed by atoms with Crippen molar-refractivity contribution in [2.75, 3.05) is 4.90 Å². The van der Waals surface area contributed by atoms with Crippen molar-refractivity contribution in [1.29, 1.82) is 0 Å². The van der Waals surface area contributed by atoms with Gasteiger partial charge in [-0.3, -0.25) is 0 Å². The molecule has 0 saturated heterocycles. The summed E-state index contributed by atoms with van der Waals surface area (Å²) < 4.78 is 17.2. The van der Waals surface area contributed by atoms with Gasteiger partial charge >= 0.3 is 0 Å². The maximum atomic E-state index is 7.13. The first-order valence-corrected chi connectivity index (χ1v) is 27.2. The third-order valence-electron chi connectivity index (χ3n) is 15.2. The lowest BCUT2D eigenvalue weighted by atomic mass is 9.87. The average Bonchev–Trinajstić information content (AvgIpc) is 4.25. The van der Waals surface area contributed by atoms with Crippen LogP contribution in [0.3, 0.4) is 0 Å². The molecule has 2 aliphatic rings. The summed E-state index contributed by atoms with van der Waals surface area (Å²) in [7, 11) is 0. The second kappa shape index (κ2) is 17.4. The van der Waals surface area contributed by atoms with Crippen LogP contribution in [0, 0.1) is 5.92 Å². The molecule has 4 nitrogen and oxygen atoms in total. The fraction of sp³-hybridized carbons (Fsp3) is 0.0882.